The van der Waals surface area contributed by atoms with E-state index in [-0.39, 0.29) is 18.5 Å². The normalized spacial score (nSPS) is 12.8. The first-order chi connectivity index (χ1) is 22.5. The van der Waals surface area contributed by atoms with Crippen molar-refractivity contribution in [3.63, 3.8) is 0 Å². The lowest BCUT2D eigenvalue weighted by atomic mass is 10.1. The smallest absolute Gasteiger partial charge is 0.306 e. The van der Waals surface area contributed by atoms with Crippen molar-refractivity contribution < 1.29 is 19.1 Å². The molecule has 0 aromatic carbocycles. The standard InChI is InChI=1S/C41H73NO4/c1-5-7-9-11-13-15-17-19-21-23-25-27-29-31-33-35-41(44)46-39(36-37-42(3)4)38-45-40(43)34-32-30-28-26-24-22-20-18-16-14-12-10-8-6-2/h16-19,24-27,39H,5-15,20-23,28-38H2,1-4H3/b18-16-,19-17-,26-24-,27-25-/t39-/m0/s1. The summed E-state index contributed by atoms with van der Waals surface area (Å²) in [4.78, 5) is 26.8. The first-order valence-corrected chi connectivity index (χ1v) is 19.1. The zero-order chi connectivity index (χ0) is 33.8. The maximum absolute atomic E-state index is 12.5. The molecule has 1 atom stereocenters. The predicted octanol–water partition coefficient (Wildman–Crippen LogP) is 11.6. The second-order valence-corrected chi connectivity index (χ2v) is 13.0. The minimum Gasteiger partial charge on any atom is -0.462 e. The van der Waals surface area contributed by atoms with E-state index in [0.29, 0.717) is 19.3 Å². The van der Waals surface area contributed by atoms with Gasteiger partial charge >= 0.3 is 11.9 Å². The van der Waals surface area contributed by atoms with Crippen LogP contribution in [0.25, 0.3) is 0 Å². The highest BCUT2D eigenvalue weighted by atomic mass is 16.6. The van der Waals surface area contributed by atoms with Gasteiger partial charge in [-0.05, 0) is 104 Å². The molecule has 0 aromatic heterocycles. The summed E-state index contributed by atoms with van der Waals surface area (Å²) >= 11 is 0. The molecule has 0 saturated carbocycles. The Kier molecular flexibility index (Phi) is 34.0. The molecule has 0 saturated heterocycles. The van der Waals surface area contributed by atoms with Gasteiger partial charge in [0.15, 0.2) is 0 Å². The first kappa shape index (κ1) is 43.9. The van der Waals surface area contributed by atoms with Crippen molar-refractivity contribution in [2.45, 2.75) is 174 Å². The number of allylic oxidation sites excluding steroid dienone is 8. The van der Waals surface area contributed by atoms with Crippen LogP contribution in [0.4, 0.5) is 0 Å². The molecule has 5 nitrogen and oxygen atoms in total. The molecule has 0 rings (SSSR count). The van der Waals surface area contributed by atoms with Crippen LogP contribution in [0.15, 0.2) is 48.6 Å². The van der Waals surface area contributed by atoms with Crippen LogP contribution in [0.3, 0.4) is 0 Å². The molecule has 0 heterocycles. The van der Waals surface area contributed by atoms with Gasteiger partial charge < -0.3 is 14.4 Å². The largest absolute Gasteiger partial charge is 0.462 e. The molecule has 0 fully saturated rings. The fraction of sp³-hybridized carbons (Fsp3) is 0.756. The van der Waals surface area contributed by atoms with Gasteiger partial charge in [-0.25, -0.2) is 0 Å². The highest BCUT2D eigenvalue weighted by Gasteiger charge is 2.17. The second-order valence-electron chi connectivity index (χ2n) is 13.0. The number of carbonyl (C=O) groups is 2. The fourth-order valence-corrected chi connectivity index (χ4v) is 5.03. The van der Waals surface area contributed by atoms with Crippen molar-refractivity contribution in [3.8, 4) is 0 Å². The van der Waals surface area contributed by atoms with E-state index in [9.17, 15) is 9.59 Å². The van der Waals surface area contributed by atoms with E-state index in [1.807, 2.05) is 14.1 Å². The maximum atomic E-state index is 12.5. The Balaban J connectivity index is 3.99. The van der Waals surface area contributed by atoms with E-state index < -0.39 is 6.10 Å². The third-order valence-electron chi connectivity index (χ3n) is 8.00. The summed E-state index contributed by atoms with van der Waals surface area (Å²) in [6, 6.07) is 0. The summed E-state index contributed by atoms with van der Waals surface area (Å²) in [6.45, 7) is 5.42. The lowest BCUT2D eigenvalue weighted by Crippen LogP contribution is -2.29. The van der Waals surface area contributed by atoms with Crippen LogP contribution in [0.2, 0.25) is 0 Å². The molecule has 0 spiro atoms. The van der Waals surface area contributed by atoms with Gasteiger partial charge in [0, 0.05) is 25.8 Å². The van der Waals surface area contributed by atoms with E-state index in [1.165, 1.54) is 70.6 Å². The van der Waals surface area contributed by atoms with Crippen molar-refractivity contribution in [2.24, 2.45) is 0 Å². The molecule has 0 aliphatic heterocycles. The van der Waals surface area contributed by atoms with E-state index in [1.54, 1.807) is 0 Å². The number of nitrogens with zero attached hydrogens (tertiary/aromatic N) is 1. The average Bonchev–Trinajstić information content (AvgIpc) is 3.04. The number of ether oxygens (including phenoxy) is 2. The number of esters is 2. The zero-order valence-electron chi connectivity index (χ0n) is 30.7. The fourth-order valence-electron chi connectivity index (χ4n) is 5.03. The summed E-state index contributed by atoms with van der Waals surface area (Å²) in [7, 11) is 3.98. The summed E-state index contributed by atoms with van der Waals surface area (Å²) in [5.74, 6) is -0.401. The molecule has 46 heavy (non-hydrogen) atoms. The molecule has 0 bridgehead atoms. The lowest BCUT2D eigenvalue weighted by Gasteiger charge is -2.20. The summed E-state index contributed by atoms with van der Waals surface area (Å²) < 4.78 is 11.2. The van der Waals surface area contributed by atoms with Crippen molar-refractivity contribution in [1.82, 2.24) is 4.90 Å². The molecule has 0 aromatic rings. The molecular weight excluding hydrogens is 570 g/mol. The minimum atomic E-state index is -0.392. The monoisotopic (exact) mass is 644 g/mol. The Hall–Kier alpha value is -2.14. The van der Waals surface area contributed by atoms with Crippen LogP contribution in [0, 0.1) is 0 Å². The molecule has 0 aliphatic carbocycles. The number of rotatable bonds is 33. The van der Waals surface area contributed by atoms with E-state index >= 15 is 0 Å². The Bertz CT molecular complexity index is 798. The van der Waals surface area contributed by atoms with E-state index in [2.05, 4.69) is 67.4 Å². The van der Waals surface area contributed by atoms with Crippen molar-refractivity contribution in [2.75, 3.05) is 27.2 Å². The Morgan fingerprint density at radius 1 is 0.522 bits per heavy atom. The quantitative estimate of drug-likeness (QED) is 0.0404. The molecule has 266 valence electrons. The van der Waals surface area contributed by atoms with Crippen molar-refractivity contribution in [1.29, 1.82) is 0 Å². The molecule has 0 amide bonds. The van der Waals surface area contributed by atoms with Gasteiger partial charge in [0.25, 0.3) is 0 Å². The topological polar surface area (TPSA) is 55.8 Å². The predicted molar refractivity (Wildman–Crippen MR) is 198 cm³/mol. The van der Waals surface area contributed by atoms with Crippen molar-refractivity contribution >= 4 is 11.9 Å². The third-order valence-corrected chi connectivity index (χ3v) is 8.00. The SMILES string of the molecule is CCCCCC/C=C\CC/C=C\CCCCC(=O)OC[C@H](CCN(C)C)OC(=O)CCCC/C=C\CC/C=C\CCCCCCC. The van der Waals surface area contributed by atoms with Crippen LogP contribution >= 0.6 is 0 Å². The Morgan fingerprint density at radius 3 is 1.37 bits per heavy atom. The van der Waals surface area contributed by atoms with Gasteiger partial charge in [0.2, 0.25) is 0 Å². The highest BCUT2D eigenvalue weighted by Crippen LogP contribution is 2.10. The van der Waals surface area contributed by atoms with Crippen LogP contribution < -0.4 is 0 Å². The third kappa shape index (κ3) is 34.7. The molecule has 0 unspecified atom stereocenters. The van der Waals surface area contributed by atoms with Gasteiger partial charge in [0.1, 0.15) is 12.7 Å². The number of carbonyl (C=O) groups excluding carboxylic acids is 2. The van der Waals surface area contributed by atoms with Crippen LogP contribution in [-0.2, 0) is 19.1 Å². The lowest BCUT2D eigenvalue weighted by molar-refractivity contribution is -0.159. The molecule has 0 N–H and O–H groups in total. The second kappa shape index (κ2) is 35.7. The average molecular weight is 644 g/mol. The van der Waals surface area contributed by atoms with Crippen LogP contribution in [0.5, 0.6) is 0 Å². The van der Waals surface area contributed by atoms with Crippen LogP contribution in [-0.4, -0.2) is 50.2 Å². The zero-order valence-corrected chi connectivity index (χ0v) is 30.7. The van der Waals surface area contributed by atoms with E-state index in [0.717, 1.165) is 70.8 Å². The first-order valence-electron chi connectivity index (χ1n) is 19.1. The molecule has 0 aliphatic rings. The highest BCUT2D eigenvalue weighted by molar-refractivity contribution is 5.70. The maximum Gasteiger partial charge on any atom is 0.306 e. The summed E-state index contributed by atoms with van der Waals surface area (Å²) in [5.41, 5.74) is 0. The van der Waals surface area contributed by atoms with E-state index in [4.69, 9.17) is 9.47 Å². The Labute approximate surface area is 285 Å². The number of unbranched alkanes of at least 4 members (excludes halogenated alkanes) is 15. The van der Waals surface area contributed by atoms with Crippen molar-refractivity contribution in [3.05, 3.63) is 48.6 Å². The summed E-state index contributed by atoms with van der Waals surface area (Å²) in [6.07, 6.45) is 43.6. The number of hydrogen-bond donors (Lipinski definition) is 0. The minimum absolute atomic E-state index is 0.139. The van der Waals surface area contributed by atoms with Crippen LogP contribution in [0.1, 0.15) is 168 Å². The molecule has 0 radical (unpaired) electrons. The number of hydrogen-bond acceptors (Lipinski definition) is 5. The molecule has 5 heteroatoms. The van der Waals surface area contributed by atoms with Gasteiger partial charge in [-0.15, -0.1) is 0 Å². The Morgan fingerprint density at radius 2 is 0.913 bits per heavy atom. The molecular formula is C41H73NO4. The van der Waals surface area contributed by atoms with Gasteiger partial charge in [-0.3, -0.25) is 9.59 Å². The van der Waals surface area contributed by atoms with Gasteiger partial charge in [-0.1, -0.05) is 107 Å². The van der Waals surface area contributed by atoms with Gasteiger partial charge in [0.05, 0.1) is 0 Å². The summed E-state index contributed by atoms with van der Waals surface area (Å²) in [5, 5.41) is 0. The van der Waals surface area contributed by atoms with Gasteiger partial charge in [-0.2, -0.15) is 0 Å².